The number of nitrogens with one attached hydrogen (secondary N) is 2. The lowest BCUT2D eigenvalue weighted by atomic mass is 10.1. The minimum atomic E-state index is -0.616. The largest absolute Gasteiger partial charge is 0.379 e. The highest BCUT2D eigenvalue weighted by molar-refractivity contribution is 9.10. The number of benzene rings is 1. The van der Waals surface area contributed by atoms with E-state index < -0.39 is 18.2 Å². The number of halogens is 1. The minimum absolute atomic E-state index is 0.00789. The van der Waals surface area contributed by atoms with E-state index in [1.807, 2.05) is 24.3 Å². The Morgan fingerprint density at radius 3 is 2.58 bits per heavy atom. The Labute approximate surface area is 147 Å². The second-order valence-electron chi connectivity index (χ2n) is 5.50. The van der Waals surface area contributed by atoms with Crippen molar-refractivity contribution in [2.75, 3.05) is 13.7 Å². The summed E-state index contributed by atoms with van der Waals surface area (Å²) in [7, 11) is 1.54. The number of H-pyrrole nitrogens is 1. The maximum absolute atomic E-state index is 12.1. The molecule has 8 heteroatoms. The lowest BCUT2D eigenvalue weighted by Gasteiger charge is -2.27. The molecule has 0 radical (unpaired) electrons. The fraction of sp³-hybridized carbons (Fsp3) is 0.312. The highest BCUT2D eigenvalue weighted by atomic mass is 79.9. The van der Waals surface area contributed by atoms with Crippen molar-refractivity contribution in [3.63, 3.8) is 0 Å². The van der Waals surface area contributed by atoms with Gasteiger partial charge in [-0.1, -0.05) is 28.1 Å². The number of imidazole rings is 1. The predicted octanol–water partition coefficient (Wildman–Crippen LogP) is 2.47. The number of imide groups is 1. The molecule has 3 amide bonds. The van der Waals surface area contributed by atoms with Crippen LogP contribution in [0.4, 0.5) is 4.79 Å². The van der Waals surface area contributed by atoms with Gasteiger partial charge in [0.05, 0.1) is 24.5 Å². The Morgan fingerprint density at radius 2 is 2.00 bits per heavy atom. The molecule has 7 nitrogen and oxygen atoms in total. The van der Waals surface area contributed by atoms with E-state index in [2.05, 4.69) is 31.2 Å². The minimum Gasteiger partial charge on any atom is -0.379 e. The zero-order valence-corrected chi connectivity index (χ0v) is 14.8. The summed E-state index contributed by atoms with van der Waals surface area (Å²) in [4.78, 5) is 32.8. The molecule has 2 N–H and O–H groups in total. The molecule has 0 spiro atoms. The molecule has 126 valence electrons. The molecular formula is C16H17BrN4O3. The van der Waals surface area contributed by atoms with Crippen molar-refractivity contribution >= 4 is 27.9 Å². The molecule has 1 aromatic heterocycles. The Balaban J connectivity index is 1.95. The fourth-order valence-corrected chi connectivity index (χ4v) is 2.93. The highest BCUT2D eigenvalue weighted by Crippen LogP contribution is 2.28. The van der Waals surface area contributed by atoms with Gasteiger partial charge in [0.1, 0.15) is 11.9 Å². The zero-order valence-electron chi connectivity index (χ0n) is 13.2. The third kappa shape index (κ3) is 3.07. The van der Waals surface area contributed by atoms with E-state index in [1.54, 1.807) is 13.1 Å². The summed E-state index contributed by atoms with van der Waals surface area (Å²) in [6.45, 7) is 1.79. The number of carbonyl (C=O) groups is 2. The molecule has 1 fully saturated rings. The molecule has 2 unspecified atom stereocenters. The Hall–Kier alpha value is -2.19. The molecule has 2 heterocycles. The summed E-state index contributed by atoms with van der Waals surface area (Å²) in [6.07, 6.45) is 1.29. The number of hydrogen-bond donors (Lipinski definition) is 2. The first-order chi connectivity index (χ1) is 11.5. The Kier molecular flexibility index (Phi) is 4.68. The zero-order chi connectivity index (χ0) is 17.3. The van der Waals surface area contributed by atoms with Gasteiger partial charge >= 0.3 is 6.03 Å². The molecule has 24 heavy (non-hydrogen) atoms. The monoisotopic (exact) mass is 392 g/mol. The average molecular weight is 393 g/mol. The van der Waals surface area contributed by atoms with Crippen molar-refractivity contribution in [1.29, 1.82) is 0 Å². The van der Waals surface area contributed by atoms with Gasteiger partial charge in [0.25, 0.3) is 5.91 Å². The third-order valence-electron chi connectivity index (χ3n) is 4.00. The predicted molar refractivity (Wildman–Crippen MR) is 91.2 cm³/mol. The number of aromatic amines is 1. The van der Waals surface area contributed by atoms with Gasteiger partial charge in [0, 0.05) is 11.6 Å². The number of nitrogens with zero attached hydrogens (tertiary/aromatic N) is 2. The first kappa shape index (κ1) is 16.7. The van der Waals surface area contributed by atoms with Gasteiger partial charge < -0.3 is 15.0 Å². The number of aromatic nitrogens is 2. The van der Waals surface area contributed by atoms with Crippen molar-refractivity contribution in [1.82, 2.24) is 20.2 Å². The van der Waals surface area contributed by atoms with Gasteiger partial charge in [-0.25, -0.2) is 14.7 Å². The normalized spacial score (nSPS) is 17.0. The fourth-order valence-electron chi connectivity index (χ4n) is 2.66. The first-order valence-corrected chi connectivity index (χ1v) is 8.24. The number of urea groups is 1. The van der Waals surface area contributed by atoms with Crippen molar-refractivity contribution in [2.45, 2.75) is 19.1 Å². The molecular weight excluding hydrogens is 376 g/mol. The van der Waals surface area contributed by atoms with E-state index in [-0.39, 0.29) is 12.5 Å². The quantitative estimate of drug-likeness (QED) is 0.765. The van der Waals surface area contributed by atoms with Crippen molar-refractivity contribution in [2.24, 2.45) is 0 Å². The van der Waals surface area contributed by atoms with Crippen LogP contribution >= 0.6 is 15.9 Å². The van der Waals surface area contributed by atoms with Gasteiger partial charge in [-0.15, -0.1) is 0 Å². The first-order valence-electron chi connectivity index (χ1n) is 7.44. The van der Waals surface area contributed by atoms with Crippen molar-refractivity contribution in [3.05, 3.63) is 40.8 Å². The molecule has 0 bridgehead atoms. The van der Waals surface area contributed by atoms with Gasteiger partial charge in [-0.3, -0.25) is 4.79 Å². The van der Waals surface area contributed by atoms with Crippen molar-refractivity contribution < 1.29 is 14.3 Å². The van der Waals surface area contributed by atoms with Crippen LogP contribution in [-0.2, 0) is 9.53 Å². The van der Waals surface area contributed by atoms with Crippen LogP contribution in [0.15, 0.2) is 34.9 Å². The average Bonchev–Trinajstić information content (AvgIpc) is 3.18. The number of hydrogen-bond acceptors (Lipinski definition) is 4. The van der Waals surface area contributed by atoms with E-state index in [1.165, 1.54) is 12.0 Å². The second-order valence-corrected chi connectivity index (χ2v) is 6.41. The molecule has 1 saturated heterocycles. The summed E-state index contributed by atoms with van der Waals surface area (Å²) in [5.74, 6) is 0.211. The van der Waals surface area contributed by atoms with Crippen LogP contribution in [0, 0.1) is 0 Å². The van der Waals surface area contributed by atoms with E-state index in [4.69, 9.17) is 4.74 Å². The van der Waals surface area contributed by atoms with Crippen LogP contribution in [0.5, 0.6) is 0 Å². The van der Waals surface area contributed by atoms with Crippen LogP contribution in [0.1, 0.15) is 18.8 Å². The summed E-state index contributed by atoms with van der Waals surface area (Å²) in [5, 5.41) is 2.53. The second kappa shape index (κ2) is 6.74. The number of carbonyl (C=O) groups excluding carboxylic acids is 2. The van der Waals surface area contributed by atoms with Gasteiger partial charge in [0.2, 0.25) is 0 Å². The smallest absolute Gasteiger partial charge is 0.325 e. The summed E-state index contributed by atoms with van der Waals surface area (Å²) in [6, 6.07) is 6.71. The van der Waals surface area contributed by atoms with Crippen LogP contribution in [0.3, 0.4) is 0 Å². The maximum Gasteiger partial charge on any atom is 0.325 e. The molecule has 0 saturated carbocycles. The van der Waals surface area contributed by atoms with Crippen LogP contribution in [-0.4, -0.2) is 46.6 Å². The number of ether oxygens (including phenoxy) is 1. The summed E-state index contributed by atoms with van der Waals surface area (Å²) in [5.41, 5.74) is 1.76. The van der Waals surface area contributed by atoms with Crippen molar-refractivity contribution in [3.8, 4) is 11.3 Å². The van der Waals surface area contributed by atoms with E-state index in [0.717, 1.165) is 15.7 Å². The molecule has 3 rings (SSSR count). The summed E-state index contributed by atoms with van der Waals surface area (Å²) >= 11 is 3.40. The van der Waals surface area contributed by atoms with Gasteiger partial charge in [-0.05, 0) is 24.6 Å². The van der Waals surface area contributed by atoms with Crippen LogP contribution in [0.25, 0.3) is 11.3 Å². The molecule has 1 aromatic carbocycles. The molecule has 2 atom stereocenters. The van der Waals surface area contributed by atoms with Gasteiger partial charge in [-0.2, -0.15) is 0 Å². The molecule has 0 aliphatic carbocycles. The SMILES string of the molecule is COC(C)C(c1ncc(-c2ccc(Br)cc2)[nH]1)N1C(=O)CNC1=O. The Bertz CT molecular complexity index is 743. The molecule has 1 aliphatic heterocycles. The van der Waals surface area contributed by atoms with Crippen LogP contribution < -0.4 is 5.32 Å². The number of methoxy groups -OCH3 is 1. The standard InChI is InChI=1S/C16H17BrN4O3/c1-9(24-2)14(21-13(22)8-19-16(21)23)15-18-7-12(20-15)10-3-5-11(17)6-4-10/h3-7,9,14H,8H2,1-2H3,(H,18,20)(H,19,23). The lowest BCUT2D eigenvalue weighted by molar-refractivity contribution is -0.129. The van der Waals surface area contributed by atoms with E-state index >= 15 is 0 Å². The summed E-state index contributed by atoms with van der Waals surface area (Å²) < 4.78 is 6.35. The van der Waals surface area contributed by atoms with E-state index in [9.17, 15) is 9.59 Å². The molecule has 2 aromatic rings. The highest BCUT2D eigenvalue weighted by Gasteiger charge is 2.40. The lowest BCUT2D eigenvalue weighted by Crippen LogP contribution is -2.41. The Morgan fingerprint density at radius 1 is 1.29 bits per heavy atom. The molecule has 1 aliphatic rings. The van der Waals surface area contributed by atoms with E-state index in [0.29, 0.717) is 5.82 Å². The number of rotatable bonds is 5. The van der Waals surface area contributed by atoms with Gasteiger partial charge in [0.15, 0.2) is 0 Å². The number of amides is 3. The van der Waals surface area contributed by atoms with Crippen LogP contribution in [0.2, 0.25) is 0 Å². The topological polar surface area (TPSA) is 87.3 Å². The third-order valence-corrected chi connectivity index (χ3v) is 4.53. The maximum atomic E-state index is 12.1.